The number of phenolic OH excluding ortho intramolecular Hbond substituents is 1. The normalized spacial score (nSPS) is 18.7. The van der Waals surface area contributed by atoms with Crippen LogP contribution in [-0.2, 0) is 22.6 Å². The number of hydrogen-bond acceptors (Lipinski definition) is 9. The van der Waals surface area contributed by atoms with Crippen LogP contribution in [0.4, 0.5) is 0 Å². The third-order valence-corrected chi connectivity index (χ3v) is 9.98. The lowest BCUT2D eigenvalue weighted by molar-refractivity contribution is -0.268. The Hall–Kier alpha value is -5.33. The number of rotatable bonds is 11. The maximum absolute atomic E-state index is 12.6. The summed E-state index contributed by atoms with van der Waals surface area (Å²) in [6.45, 7) is 2.51. The van der Waals surface area contributed by atoms with E-state index in [1.54, 1.807) is 41.1 Å². The number of aliphatic hydroxyl groups excluding tert-OH is 1. The zero-order chi connectivity index (χ0) is 35.2. The van der Waals surface area contributed by atoms with E-state index >= 15 is 0 Å². The molecule has 0 bridgehead atoms. The van der Waals surface area contributed by atoms with Crippen LogP contribution in [0.3, 0.4) is 0 Å². The smallest absolute Gasteiger partial charge is 0.251 e. The summed E-state index contributed by atoms with van der Waals surface area (Å²) in [7, 11) is 0. The SMILES string of the molecule is CC1C(CSc2nnnn2-c2ccc(O)cc2)OC(c2ccc(-c3cccc(CNC(=O)c4ccccc4)c3)cc2)OC1c1ccc(CO)cc1. The first-order chi connectivity index (χ1) is 24.9. The number of aromatic hydroxyl groups is 1. The Labute approximate surface area is 300 Å². The van der Waals surface area contributed by atoms with Gasteiger partial charge in [0, 0.05) is 29.3 Å². The summed E-state index contributed by atoms with van der Waals surface area (Å²) >= 11 is 1.49. The summed E-state index contributed by atoms with van der Waals surface area (Å²) in [5, 5.41) is 35.2. The van der Waals surface area contributed by atoms with Crippen molar-refractivity contribution in [3.05, 3.63) is 155 Å². The lowest BCUT2D eigenvalue weighted by atomic mass is 9.91. The topological polar surface area (TPSA) is 132 Å². The lowest BCUT2D eigenvalue weighted by Crippen LogP contribution is -2.38. The van der Waals surface area contributed by atoms with Crippen molar-refractivity contribution in [1.82, 2.24) is 25.5 Å². The van der Waals surface area contributed by atoms with Gasteiger partial charge in [0.15, 0.2) is 6.29 Å². The van der Waals surface area contributed by atoms with Gasteiger partial charge in [-0.3, -0.25) is 4.79 Å². The van der Waals surface area contributed by atoms with Crippen LogP contribution in [-0.4, -0.2) is 48.2 Å². The Bertz CT molecular complexity index is 2060. The molecule has 10 nitrogen and oxygen atoms in total. The Kier molecular flexibility index (Phi) is 10.5. The first-order valence-electron chi connectivity index (χ1n) is 16.7. The molecular formula is C40H37N5O5S. The van der Waals surface area contributed by atoms with Gasteiger partial charge in [0.1, 0.15) is 5.75 Å². The molecule has 4 unspecified atom stereocenters. The van der Waals surface area contributed by atoms with Crippen LogP contribution >= 0.6 is 11.8 Å². The summed E-state index contributed by atoms with van der Waals surface area (Å²) in [5.41, 5.74) is 7.16. The number of phenols is 1. The molecule has 0 spiro atoms. The van der Waals surface area contributed by atoms with E-state index in [1.165, 1.54) is 11.8 Å². The van der Waals surface area contributed by atoms with E-state index < -0.39 is 6.29 Å². The maximum atomic E-state index is 12.6. The third kappa shape index (κ3) is 8.03. The summed E-state index contributed by atoms with van der Waals surface area (Å²) in [5.74, 6) is 0.607. The van der Waals surface area contributed by atoms with Gasteiger partial charge in [-0.25, -0.2) is 0 Å². The maximum Gasteiger partial charge on any atom is 0.251 e. The molecule has 1 aromatic heterocycles. The Morgan fingerprint density at radius 1 is 0.824 bits per heavy atom. The van der Waals surface area contributed by atoms with Crippen LogP contribution in [0.2, 0.25) is 0 Å². The monoisotopic (exact) mass is 699 g/mol. The van der Waals surface area contributed by atoms with Gasteiger partial charge < -0.3 is 25.0 Å². The molecule has 6 aromatic rings. The van der Waals surface area contributed by atoms with Gasteiger partial charge in [-0.1, -0.05) is 104 Å². The van der Waals surface area contributed by atoms with Gasteiger partial charge in [-0.15, -0.1) is 5.10 Å². The fraction of sp³-hybridized carbons (Fsp3) is 0.200. The first-order valence-corrected chi connectivity index (χ1v) is 17.7. The summed E-state index contributed by atoms with van der Waals surface area (Å²) in [4.78, 5) is 12.6. The number of tetrazole rings is 1. The Morgan fingerprint density at radius 3 is 2.31 bits per heavy atom. The van der Waals surface area contributed by atoms with Crippen LogP contribution in [0.25, 0.3) is 16.8 Å². The van der Waals surface area contributed by atoms with E-state index in [0.717, 1.165) is 39.1 Å². The first kappa shape index (κ1) is 34.1. The minimum absolute atomic E-state index is 0.0175. The van der Waals surface area contributed by atoms with Gasteiger partial charge in [-0.05, 0) is 80.7 Å². The number of nitrogens with zero attached hydrogens (tertiary/aromatic N) is 4. The fourth-order valence-corrected chi connectivity index (χ4v) is 7.11. The Morgan fingerprint density at radius 2 is 1.57 bits per heavy atom. The highest BCUT2D eigenvalue weighted by Crippen LogP contribution is 2.43. The number of carbonyl (C=O) groups excluding carboxylic acids is 1. The quantitative estimate of drug-likeness (QED) is 0.122. The van der Waals surface area contributed by atoms with Crippen LogP contribution in [0, 0.1) is 5.92 Å². The molecule has 2 heterocycles. The minimum Gasteiger partial charge on any atom is -0.508 e. The van der Waals surface area contributed by atoms with Crippen molar-refractivity contribution in [2.45, 2.75) is 43.7 Å². The highest BCUT2D eigenvalue weighted by atomic mass is 32.2. The van der Waals surface area contributed by atoms with Crippen molar-refractivity contribution in [1.29, 1.82) is 0 Å². The van der Waals surface area contributed by atoms with Gasteiger partial charge in [-0.2, -0.15) is 4.68 Å². The number of aromatic nitrogens is 4. The zero-order valence-corrected chi connectivity index (χ0v) is 28.7. The second-order valence-corrected chi connectivity index (χ2v) is 13.4. The highest BCUT2D eigenvalue weighted by molar-refractivity contribution is 7.99. The number of aliphatic hydroxyl groups is 1. The summed E-state index contributed by atoms with van der Waals surface area (Å²) in [6.07, 6.45) is -1.11. The van der Waals surface area contributed by atoms with E-state index in [9.17, 15) is 15.0 Å². The molecule has 3 N–H and O–H groups in total. The van der Waals surface area contributed by atoms with Crippen molar-refractivity contribution in [2.24, 2.45) is 5.92 Å². The molecule has 1 saturated heterocycles. The van der Waals surface area contributed by atoms with Crippen LogP contribution in [0.15, 0.2) is 133 Å². The number of benzene rings is 5. The van der Waals surface area contributed by atoms with Crippen LogP contribution < -0.4 is 5.32 Å². The largest absolute Gasteiger partial charge is 0.508 e. The average molecular weight is 700 g/mol. The Balaban J connectivity index is 1.08. The van der Waals surface area contributed by atoms with E-state index in [0.29, 0.717) is 23.0 Å². The van der Waals surface area contributed by atoms with E-state index in [4.69, 9.17) is 9.47 Å². The summed E-state index contributed by atoms with van der Waals surface area (Å²) in [6, 6.07) is 40.1. The second kappa shape index (κ2) is 15.7. The fourth-order valence-electron chi connectivity index (χ4n) is 6.06. The van der Waals surface area contributed by atoms with Crippen LogP contribution in [0.5, 0.6) is 5.75 Å². The number of ether oxygens (including phenoxy) is 2. The van der Waals surface area contributed by atoms with E-state index in [-0.39, 0.29) is 36.4 Å². The van der Waals surface area contributed by atoms with Gasteiger partial charge in [0.2, 0.25) is 5.16 Å². The van der Waals surface area contributed by atoms with Crippen molar-refractivity contribution in [3.63, 3.8) is 0 Å². The van der Waals surface area contributed by atoms with Crippen molar-refractivity contribution in [2.75, 3.05) is 5.75 Å². The van der Waals surface area contributed by atoms with E-state index in [1.807, 2.05) is 66.7 Å². The molecule has 4 atom stereocenters. The molecule has 0 saturated carbocycles. The number of hydrogen-bond donors (Lipinski definition) is 3. The van der Waals surface area contributed by atoms with Crippen molar-refractivity contribution < 1.29 is 24.5 Å². The molecule has 11 heteroatoms. The minimum atomic E-state index is -0.629. The number of amides is 1. The predicted octanol–water partition coefficient (Wildman–Crippen LogP) is 7.04. The zero-order valence-electron chi connectivity index (χ0n) is 27.9. The molecule has 7 rings (SSSR count). The number of carbonyl (C=O) groups is 1. The molecule has 258 valence electrons. The van der Waals surface area contributed by atoms with Gasteiger partial charge in [0.25, 0.3) is 5.91 Å². The highest BCUT2D eigenvalue weighted by Gasteiger charge is 2.38. The van der Waals surface area contributed by atoms with Crippen molar-refractivity contribution >= 4 is 17.7 Å². The van der Waals surface area contributed by atoms with Gasteiger partial charge >= 0.3 is 0 Å². The number of nitrogens with one attached hydrogen (secondary N) is 1. The average Bonchev–Trinajstić information content (AvgIpc) is 3.66. The standard InChI is InChI=1S/C40H37N5O5S/c1-26-36(25-51-40-42-43-44-45(40)34-18-20-35(47)21-19-34)49-39(50-37(26)30-12-10-27(24-46)11-13-30)32-16-14-29(15-17-32)33-9-5-6-28(22-33)23-41-38(48)31-7-3-2-4-8-31/h2-22,26,36-37,39,46-47H,23-25H2,1H3,(H,41,48). The lowest BCUT2D eigenvalue weighted by Gasteiger charge is -2.41. The molecule has 51 heavy (non-hydrogen) atoms. The molecule has 1 aliphatic rings. The predicted molar refractivity (Wildman–Crippen MR) is 194 cm³/mol. The van der Waals surface area contributed by atoms with Crippen molar-refractivity contribution in [3.8, 4) is 22.6 Å². The number of thioether (sulfide) groups is 1. The molecule has 0 aliphatic carbocycles. The molecule has 0 radical (unpaired) electrons. The molecule has 1 fully saturated rings. The molecule has 1 aliphatic heterocycles. The summed E-state index contributed by atoms with van der Waals surface area (Å²) < 4.78 is 15.0. The van der Waals surface area contributed by atoms with E-state index in [2.05, 4.69) is 52.0 Å². The molecular weight excluding hydrogens is 663 g/mol. The second-order valence-electron chi connectivity index (χ2n) is 12.4. The third-order valence-electron chi connectivity index (χ3n) is 8.97. The van der Waals surface area contributed by atoms with Crippen LogP contribution in [0.1, 0.15) is 51.9 Å². The molecule has 5 aromatic carbocycles. The molecule has 1 amide bonds. The van der Waals surface area contributed by atoms with Gasteiger partial charge in [0.05, 0.1) is 24.5 Å².